The van der Waals surface area contributed by atoms with Crippen LogP contribution in [0.1, 0.15) is 12.8 Å². The van der Waals surface area contributed by atoms with Crippen molar-refractivity contribution >= 4 is 11.8 Å². The van der Waals surface area contributed by atoms with Gasteiger partial charge in [0.1, 0.15) is 5.82 Å². The van der Waals surface area contributed by atoms with Crippen molar-refractivity contribution in [3.05, 3.63) is 12.3 Å². The van der Waals surface area contributed by atoms with Gasteiger partial charge in [0, 0.05) is 32.4 Å². The second kappa shape index (κ2) is 5.71. The number of hydrogen-bond acceptors (Lipinski definition) is 6. The lowest BCUT2D eigenvalue weighted by Crippen LogP contribution is -2.48. The van der Waals surface area contributed by atoms with Gasteiger partial charge in [-0.05, 0) is 25.5 Å². The molecular formula is C13H21N5O. The molecule has 0 spiro atoms. The van der Waals surface area contributed by atoms with Gasteiger partial charge in [-0.15, -0.1) is 0 Å². The first kappa shape index (κ1) is 12.6. The van der Waals surface area contributed by atoms with E-state index in [1.165, 1.54) is 19.4 Å². The molecule has 2 aliphatic heterocycles. The van der Waals surface area contributed by atoms with Gasteiger partial charge >= 0.3 is 0 Å². The maximum atomic E-state index is 5.91. The number of hydrogen-bond donors (Lipinski definition) is 2. The summed E-state index contributed by atoms with van der Waals surface area (Å²) in [6.07, 6.45) is 4.60. The average Bonchev–Trinajstić information content (AvgIpc) is 2.93. The van der Waals surface area contributed by atoms with E-state index in [4.69, 9.17) is 4.74 Å². The Morgan fingerprint density at radius 3 is 3.37 bits per heavy atom. The van der Waals surface area contributed by atoms with Crippen LogP contribution in [0.5, 0.6) is 0 Å². The summed E-state index contributed by atoms with van der Waals surface area (Å²) in [7, 11) is 1.82. The third kappa shape index (κ3) is 2.96. The predicted octanol–water partition coefficient (Wildman–Crippen LogP) is 0.793. The summed E-state index contributed by atoms with van der Waals surface area (Å²) < 4.78 is 5.91. The zero-order valence-corrected chi connectivity index (χ0v) is 11.3. The zero-order chi connectivity index (χ0) is 13.1. The van der Waals surface area contributed by atoms with Gasteiger partial charge < -0.3 is 15.4 Å². The first-order valence-electron chi connectivity index (χ1n) is 6.95. The minimum atomic E-state index is 0.252. The number of nitrogens with one attached hydrogen (secondary N) is 2. The Bertz CT molecular complexity index is 427. The summed E-state index contributed by atoms with van der Waals surface area (Å²) in [5.74, 6) is 1.47. The fourth-order valence-corrected chi connectivity index (χ4v) is 2.81. The Hall–Kier alpha value is -1.40. The minimum absolute atomic E-state index is 0.252. The summed E-state index contributed by atoms with van der Waals surface area (Å²) in [4.78, 5) is 11.0. The molecule has 2 N–H and O–H groups in total. The zero-order valence-electron chi connectivity index (χ0n) is 11.3. The van der Waals surface area contributed by atoms with E-state index in [-0.39, 0.29) is 6.10 Å². The normalized spacial score (nSPS) is 27.0. The van der Waals surface area contributed by atoms with E-state index in [2.05, 4.69) is 25.5 Å². The predicted molar refractivity (Wildman–Crippen MR) is 74.4 cm³/mol. The van der Waals surface area contributed by atoms with E-state index in [0.717, 1.165) is 25.5 Å². The van der Waals surface area contributed by atoms with Gasteiger partial charge in [0.15, 0.2) is 0 Å². The molecule has 1 aromatic heterocycles. The largest absolute Gasteiger partial charge is 0.373 e. The number of anilines is 2. The third-order valence-electron chi connectivity index (χ3n) is 3.85. The second-order valence-electron chi connectivity index (χ2n) is 5.14. The number of aromatic nitrogens is 2. The van der Waals surface area contributed by atoms with E-state index >= 15 is 0 Å². The van der Waals surface area contributed by atoms with E-state index in [9.17, 15) is 0 Å². The smallest absolute Gasteiger partial charge is 0.224 e. The van der Waals surface area contributed by atoms with Gasteiger partial charge in [-0.1, -0.05) is 0 Å². The van der Waals surface area contributed by atoms with Gasteiger partial charge in [-0.3, -0.25) is 4.90 Å². The van der Waals surface area contributed by atoms with Crippen LogP contribution in [0.3, 0.4) is 0 Å². The molecule has 3 rings (SSSR count). The highest BCUT2D eigenvalue weighted by molar-refractivity contribution is 5.39. The van der Waals surface area contributed by atoms with Crippen LogP contribution in [-0.4, -0.2) is 60.3 Å². The van der Waals surface area contributed by atoms with Crippen LogP contribution in [0, 0.1) is 0 Å². The summed E-state index contributed by atoms with van der Waals surface area (Å²) >= 11 is 0. The van der Waals surface area contributed by atoms with Crippen LogP contribution in [0.4, 0.5) is 11.8 Å². The first-order valence-corrected chi connectivity index (χ1v) is 6.95. The minimum Gasteiger partial charge on any atom is -0.373 e. The van der Waals surface area contributed by atoms with E-state index < -0.39 is 0 Å². The molecular weight excluding hydrogens is 242 g/mol. The molecule has 2 saturated heterocycles. The van der Waals surface area contributed by atoms with Gasteiger partial charge in [-0.2, -0.15) is 4.98 Å². The number of ether oxygens (including phenoxy) is 1. The highest BCUT2D eigenvalue weighted by Crippen LogP contribution is 2.22. The Morgan fingerprint density at radius 1 is 1.53 bits per heavy atom. The first-order chi connectivity index (χ1) is 9.35. The molecule has 0 amide bonds. The van der Waals surface area contributed by atoms with Crippen LogP contribution in [-0.2, 0) is 4.74 Å². The maximum absolute atomic E-state index is 5.91. The quantitative estimate of drug-likeness (QED) is 0.837. The summed E-state index contributed by atoms with van der Waals surface area (Å²) in [5, 5.41) is 6.26. The molecule has 104 valence electrons. The molecule has 1 aromatic rings. The van der Waals surface area contributed by atoms with E-state index in [0.29, 0.717) is 12.0 Å². The van der Waals surface area contributed by atoms with Crippen LogP contribution >= 0.6 is 0 Å². The Kier molecular flexibility index (Phi) is 3.79. The Morgan fingerprint density at radius 2 is 2.47 bits per heavy atom. The van der Waals surface area contributed by atoms with Gasteiger partial charge in [0.25, 0.3) is 0 Å². The van der Waals surface area contributed by atoms with Crippen LogP contribution in [0.2, 0.25) is 0 Å². The maximum Gasteiger partial charge on any atom is 0.224 e. The molecule has 2 atom stereocenters. The Balaban J connectivity index is 1.51. The number of morpholine rings is 1. The highest BCUT2D eigenvalue weighted by atomic mass is 16.5. The van der Waals surface area contributed by atoms with Crippen LogP contribution < -0.4 is 10.6 Å². The molecule has 2 unspecified atom stereocenters. The summed E-state index contributed by atoms with van der Waals surface area (Å²) in [6.45, 7) is 3.92. The molecule has 2 fully saturated rings. The number of nitrogens with zero attached hydrogens (tertiary/aromatic N) is 3. The molecule has 3 heterocycles. The SMILES string of the molecule is CNc1nccc(NCC2CN3CCCC3CO2)n1. The van der Waals surface area contributed by atoms with Crippen LogP contribution in [0.25, 0.3) is 0 Å². The summed E-state index contributed by atoms with van der Waals surface area (Å²) in [5.41, 5.74) is 0. The lowest BCUT2D eigenvalue weighted by Gasteiger charge is -2.35. The number of rotatable bonds is 4. The van der Waals surface area contributed by atoms with Crippen molar-refractivity contribution in [3.63, 3.8) is 0 Å². The van der Waals surface area contributed by atoms with Gasteiger partial charge in [0.05, 0.1) is 12.7 Å². The Labute approximate surface area is 113 Å². The molecule has 6 heteroatoms. The second-order valence-corrected chi connectivity index (χ2v) is 5.14. The van der Waals surface area contributed by atoms with Crippen molar-refractivity contribution in [3.8, 4) is 0 Å². The van der Waals surface area contributed by atoms with Crippen molar-refractivity contribution in [2.75, 3.05) is 43.9 Å². The third-order valence-corrected chi connectivity index (χ3v) is 3.85. The molecule has 19 heavy (non-hydrogen) atoms. The summed E-state index contributed by atoms with van der Waals surface area (Å²) in [6, 6.07) is 2.54. The standard InChI is InChI=1S/C13H21N5O/c1-14-13-15-5-4-12(17-13)16-7-11-8-18-6-2-3-10(18)9-19-11/h4-5,10-11H,2-3,6-9H2,1H3,(H2,14,15,16,17). The lowest BCUT2D eigenvalue weighted by atomic mass is 10.2. The van der Waals surface area contributed by atoms with Crippen molar-refractivity contribution in [2.24, 2.45) is 0 Å². The fourth-order valence-electron chi connectivity index (χ4n) is 2.81. The van der Waals surface area contributed by atoms with Crippen LogP contribution in [0.15, 0.2) is 12.3 Å². The highest BCUT2D eigenvalue weighted by Gasteiger charge is 2.31. The molecule has 0 bridgehead atoms. The van der Waals surface area contributed by atoms with Crippen molar-refractivity contribution in [1.29, 1.82) is 0 Å². The lowest BCUT2D eigenvalue weighted by molar-refractivity contribution is -0.0416. The molecule has 6 nitrogen and oxygen atoms in total. The van der Waals surface area contributed by atoms with Gasteiger partial charge in [-0.25, -0.2) is 4.98 Å². The van der Waals surface area contributed by atoms with E-state index in [1.807, 2.05) is 13.1 Å². The van der Waals surface area contributed by atoms with Crippen molar-refractivity contribution in [1.82, 2.24) is 14.9 Å². The van der Waals surface area contributed by atoms with Gasteiger partial charge in [0.2, 0.25) is 5.95 Å². The molecule has 0 radical (unpaired) electrons. The topological polar surface area (TPSA) is 62.3 Å². The fraction of sp³-hybridized carbons (Fsp3) is 0.692. The monoisotopic (exact) mass is 263 g/mol. The molecule has 2 aliphatic rings. The average molecular weight is 263 g/mol. The van der Waals surface area contributed by atoms with Crippen molar-refractivity contribution in [2.45, 2.75) is 25.0 Å². The molecule has 0 saturated carbocycles. The molecule has 0 aliphatic carbocycles. The number of fused-ring (bicyclic) bond motifs is 1. The van der Waals surface area contributed by atoms with E-state index in [1.54, 1.807) is 6.20 Å². The molecule has 0 aromatic carbocycles. The van der Waals surface area contributed by atoms with Crippen molar-refractivity contribution < 1.29 is 4.74 Å².